The third-order valence-corrected chi connectivity index (χ3v) is 5.30. The van der Waals surface area contributed by atoms with E-state index in [0.29, 0.717) is 12.4 Å². The van der Waals surface area contributed by atoms with Crippen molar-refractivity contribution >= 4 is 14.1 Å². The van der Waals surface area contributed by atoms with Gasteiger partial charge in [0.1, 0.15) is 6.04 Å². The smallest absolute Gasteiger partial charge is 0.464 e. The molecule has 27 heavy (non-hydrogen) atoms. The molecule has 0 fully saturated rings. The van der Waals surface area contributed by atoms with Gasteiger partial charge < -0.3 is 4.74 Å². The van der Waals surface area contributed by atoms with Gasteiger partial charge in [-0.3, -0.25) is 4.79 Å². The van der Waals surface area contributed by atoms with Gasteiger partial charge in [-0.25, -0.2) is 4.52 Å². The first-order valence-corrected chi connectivity index (χ1v) is 11.4. The monoisotopic (exact) mass is 396 g/mol. The van der Waals surface area contributed by atoms with Crippen LogP contribution in [0.3, 0.4) is 0 Å². The van der Waals surface area contributed by atoms with Crippen LogP contribution < -0.4 is 9.61 Å². The zero-order valence-electron chi connectivity index (χ0n) is 16.8. The van der Waals surface area contributed by atoms with Crippen molar-refractivity contribution in [3.05, 3.63) is 30.3 Å². The Morgan fingerprint density at radius 1 is 0.963 bits per heavy atom. The highest BCUT2D eigenvalue weighted by Crippen LogP contribution is 2.23. The van der Waals surface area contributed by atoms with Gasteiger partial charge in [-0.2, -0.15) is 0 Å². The van der Waals surface area contributed by atoms with Crippen LogP contribution in [-0.2, 0) is 14.1 Å². The van der Waals surface area contributed by atoms with Crippen molar-refractivity contribution < 1.29 is 18.6 Å². The normalized spacial score (nSPS) is 12.4. The summed E-state index contributed by atoms with van der Waals surface area (Å²) in [5.41, 5.74) is 0. The summed E-state index contributed by atoms with van der Waals surface area (Å²) in [6.07, 6.45) is 12.4. The second kappa shape index (κ2) is 15.6. The summed E-state index contributed by atoms with van der Waals surface area (Å²) in [7, 11) is -2.16. The number of benzene rings is 1. The number of ether oxygens (including phenoxy) is 1. The van der Waals surface area contributed by atoms with Crippen molar-refractivity contribution in [2.24, 2.45) is 0 Å². The van der Waals surface area contributed by atoms with Crippen LogP contribution >= 0.6 is 8.18 Å². The van der Waals surface area contributed by atoms with Crippen LogP contribution in [0, 0.1) is 0 Å². The minimum Gasteiger partial charge on any atom is -0.464 e. The third-order valence-electron chi connectivity index (χ3n) is 4.33. The molecule has 1 unspecified atom stereocenters. The molecule has 2 atom stereocenters. The largest absolute Gasteiger partial charge is 0.664 e. The molecule has 1 aromatic carbocycles. The Balaban J connectivity index is 2.00. The lowest BCUT2D eigenvalue weighted by Gasteiger charge is -2.08. The van der Waals surface area contributed by atoms with Crippen molar-refractivity contribution in [3.8, 4) is 5.75 Å². The fourth-order valence-electron chi connectivity index (χ4n) is 2.70. The van der Waals surface area contributed by atoms with E-state index in [4.69, 9.17) is 9.26 Å². The Kier molecular flexibility index (Phi) is 13.6. The molecule has 0 aliphatic carbocycles. The summed E-state index contributed by atoms with van der Waals surface area (Å²) in [6, 6.07) is 8.19. The first-order chi connectivity index (χ1) is 13.1. The molecule has 6 heteroatoms. The van der Waals surface area contributed by atoms with Gasteiger partial charge in [0.15, 0.2) is 5.75 Å². The molecule has 0 aliphatic rings. The lowest BCUT2D eigenvalue weighted by molar-refractivity contribution is -0.145. The van der Waals surface area contributed by atoms with E-state index in [-0.39, 0.29) is 0 Å². The number of rotatable bonds is 16. The maximum atomic E-state index is 11.9. The van der Waals surface area contributed by atoms with Crippen LogP contribution in [0.4, 0.5) is 0 Å². The molecule has 1 N–H and O–H groups in total. The lowest BCUT2D eigenvalue weighted by Crippen LogP contribution is -2.31. The maximum Gasteiger partial charge on any atom is 0.664 e. The standard InChI is InChI=1S/C21H35NO4P/c1-3-4-5-6-7-8-9-10-11-15-18-25-21(23)19(2)22-27(24)26-20-16-13-12-14-17-20/h12-14,16-17,19H,3-11,15,18H2,1-2H3,(H,22,24)/q+1/t19-/m0/s1. The van der Waals surface area contributed by atoms with E-state index in [1.807, 2.05) is 6.07 Å². The number of para-hydroxylation sites is 1. The van der Waals surface area contributed by atoms with E-state index in [0.717, 1.165) is 12.8 Å². The van der Waals surface area contributed by atoms with Crippen LogP contribution in [-0.4, -0.2) is 18.6 Å². The molecular formula is C21H35NO4P+. The Labute approximate surface area is 165 Å². The molecule has 5 nitrogen and oxygen atoms in total. The number of hydrogen-bond acceptors (Lipinski definition) is 4. The van der Waals surface area contributed by atoms with Gasteiger partial charge in [0.05, 0.1) is 6.61 Å². The minimum atomic E-state index is -2.16. The second-order valence-electron chi connectivity index (χ2n) is 6.86. The number of unbranched alkanes of at least 4 members (excludes halogenated alkanes) is 9. The molecule has 0 saturated heterocycles. The van der Waals surface area contributed by atoms with E-state index in [2.05, 4.69) is 12.0 Å². The van der Waals surface area contributed by atoms with Crippen LogP contribution in [0.25, 0.3) is 0 Å². The van der Waals surface area contributed by atoms with E-state index in [1.165, 1.54) is 51.4 Å². The minimum absolute atomic E-state index is 0.397. The molecule has 1 aromatic rings. The van der Waals surface area contributed by atoms with Crippen LogP contribution in [0.5, 0.6) is 5.75 Å². The number of carbonyl (C=O) groups is 1. The highest BCUT2D eigenvalue weighted by molar-refractivity contribution is 7.37. The topological polar surface area (TPSA) is 64.6 Å². The fraction of sp³-hybridized carbons (Fsp3) is 0.667. The molecule has 1 rings (SSSR count). The third kappa shape index (κ3) is 12.5. The summed E-state index contributed by atoms with van der Waals surface area (Å²) in [6.45, 7) is 4.28. The van der Waals surface area contributed by atoms with Gasteiger partial charge in [0.25, 0.3) is 0 Å². The van der Waals surface area contributed by atoms with Crippen molar-refractivity contribution in [2.75, 3.05) is 6.61 Å². The fourth-order valence-corrected chi connectivity index (χ4v) is 3.49. The van der Waals surface area contributed by atoms with Gasteiger partial charge >= 0.3 is 14.1 Å². The summed E-state index contributed by atoms with van der Waals surface area (Å²) in [4.78, 5) is 11.9. The number of nitrogens with one attached hydrogen (secondary N) is 1. The number of carbonyl (C=O) groups excluding carboxylic acids is 1. The molecule has 0 aromatic heterocycles. The van der Waals surface area contributed by atoms with E-state index in [1.54, 1.807) is 31.2 Å². The SMILES string of the molecule is CCCCCCCCCCCCOC(=O)[C@H](C)N[P+](=O)Oc1ccccc1. The molecule has 0 amide bonds. The molecule has 0 radical (unpaired) electrons. The Bertz CT molecular complexity index is 524. The highest BCUT2D eigenvalue weighted by atomic mass is 31.1. The quantitative estimate of drug-likeness (QED) is 0.206. The van der Waals surface area contributed by atoms with Gasteiger partial charge in [0, 0.05) is 4.57 Å². The van der Waals surface area contributed by atoms with Crippen molar-refractivity contribution in [2.45, 2.75) is 84.1 Å². The molecule has 0 spiro atoms. The van der Waals surface area contributed by atoms with Gasteiger partial charge in [-0.1, -0.05) is 88.0 Å². The first kappa shape index (κ1) is 23.6. The number of esters is 1. The summed E-state index contributed by atoms with van der Waals surface area (Å²) >= 11 is 0. The zero-order chi connectivity index (χ0) is 19.7. The van der Waals surface area contributed by atoms with Crippen LogP contribution in [0.2, 0.25) is 0 Å². The molecule has 0 saturated carbocycles. The Morgan fingerprint density at radius 3 is 2.11 bits per heavy atom. The van der Waals surface area contributed by atoms with Crippen LogP contribution in [0.15, 0.2) is 30.3 Å². The number of hydrogen-bond donors (Lipinski definition) is 1. The zero-order valence-corrected chi connectivity index (χ0v) is 17.7. The average molecular weight is 396 g/mol. The van der Waals surface area contributed by atoms with Crippen molar-refractivity contribution in [1.82, 2.24) is 5.09 Å². The average Bonchev–Trinajstić information content (AvgIpc) is 2.66. The molecular weight excluding hydrogens is 361 g/mol. The maximum absolute atomic E-state index is 11.9. The molecule has 0 heterocycles. The van der Waals surface area contributed by atoms with E-state index >= 15 is 0 Å². The lowest BCUT2D eigenvalue weighted by atomic mass is 10.1. The highest BCUT2D eigenvalue weighted by Gasteiger charge is 2.28. The summed E-state index contributed by atoms with van der Waals surface area (Å²) in [5, 5.41) is 2.63. The van der Waals surface area contributed by atoms with Gasteiger partial charge in [-0.15, -0.1) is 0 Å². The van der Waals surface area contributed by atoms with Gasteiger partial charge in [-0.05, 0) is 25.5 Å². The Morgan fingerprint density at radius 2 is 1.52 bits per heavy atom. The van der Waals surface area contributed by atoms with Gasteiger partial charge in [0.2, 0.25) is 0 Å². The van der Waals surface area contributed by atoms with Crippen molar-refractivity contribution in [3.63, 3.8) is 0 Å². The van der Waals surface area contributed by atoms with E-state index in [9.17, 15) is 9.36 Å². The molecule has 152 valence electrons. The summed E-state index contributed by atoms with van der Waals surface area (Å²) in [5.74, 6) is 0.1000. The first-order valence-electron chi connectivity index (χ1n) is 10.3. The summed E-state index contributed by atoms with van der Waals surface area (Å²) < 4.78 is 22.4. The Hall–Kier alpha value is -1.45. The van der Waals surface area contributed by atoms with E-state index < -0.39 is 20.2 Å². The van der Waals surface area contributed by atoms with Crippen LogP contribution in [0.1, 0.15) is 78.1 Å². The second-order valence-corrected chi connectivity index (χ2v) is 7.82. The van der Waals surface area contributed by atoms with Crippen molar-refractivity contribution in [1.29, 1.82) is 0 Å². The molecule has 0 bridgehead atoms. The molecule has 0 aliphatic heterocycles. The predicted molar refractivity (Wildman–Crippen MR) is 110 cm³/mol. The predicted octanol–water partition coefficient (Wildman–Crippen LogP) is 6.17.